The molecule has 0 bridgehead atoms. The molecule has 0 aromatic heterocycles. The van der Waals surface area contributed by atoms with Crippen LogP contribution in [0.3, 0.4) is 0 Å². The zero-order chi connectivity index (χ0) is 9.97. The van der Waals surface area contributed by atoms with Gasteiger partial charge in [0, 0.05) is 11.8 Å². The van der Waals surface area contributed by atoms with Crippen LogP contribution in [0.1, 0.15) is 12.5 Å². The summed E-state index contributed by atoms with van der Waals surface area (Å²) in [6, 6.07) is 9.93. The molecule has 72 valence electrons. The third-order valence-electron chi connectivity index (χ3n) is 2.06. The van der Waals surface area contributed by atoms with E-state index in [9.17, 15) is 0 Å². The molecule has 4 nitrogen and oxygen atoms in total. The van der Waals surface area contributed by atoms with Crippen LogP contribution < -0.4 is 11.3 Å². The van der Waals surface area contributed by atoms with E-state index in [0.29, 0.717) is 0 Å². The highest BCUT2D eigenvalue weighted by atomic mass is 15.5. The molecule has 1 aliphatic heterocycles. The summed E-state index contributed by atoms with van der Waals surface area (Å²) in [6.45, 7) is 1.84. The van der Waals surface area contributed by atoms with Gasteiger partial charge in [0.15, 0.2) is 0 Å². The van der Waals surface area contributed by atoms with Crippen molar-refractivity contribution < 1.29 is 0 Å². The molecule has 0 fully saturated rings. The number of nitrogens with two attached hydrogens (primary N) is 1. The topological polar surface area (TPSA) is 53.7 Å². The first-order valence-electron chi connectivity index (χ1n) is 4.39. The van der Waals surface area contributed by atoms with E-state index in [1.807, 2.05) is 43.5 Å². The monoisotopic (exact) mass is 188 g/mol. The van der Waals surface area contributed by atoms with Crippen molar-refractivity contribution in [3.63, 3.8) is 0 Å². The lowest BCUT2D eigenvalue weighted by Crippen LogP contribution is -2.35. The molecular formula is C10H12N4. The molecule has 0 unspecified atom stereocenters. The number of hydrazone groups is 1. The summed E-state index contributed by atoms with van der Waals surface area (Å²) < 4.78 is 0. The average molecular weight is 188 g/mol. The molecule has 1 aromatic carbocycles. The number of rotatable bonds is 1. The normalized spacial score (nSPS) is 15.7. The molecule has 0 saturated carbocycles. The number of amidine groups is 1. The zero-order valence-electron chi connectivity index (χ0n) is 7.94. The second-order valence-corrected chi connectivity index (χ2v) is 3.09. The van der Waals surface area contributed by atoms with Crippen molar-refractivity contribution in [3.05, 3.63) is 42.1 Å². The summed E-state index contributed by atoms with van der Waals surface area (Å²) in [4.78, 5) is 0. The zero-order valence-corrected chi connectivity index (χ0v) is 7.94. The third kappa shape index (κ3) is 1.60. The summed E-state index contributed by atoms with van der Waals surface area (Å²) in [6.07, 6.45) is 1.82. The fraction of sp³-hybridized carbons (Fsp3) is 0.100. The molecule has 0 saturated heterocycles. The maximum Gasteiger partial charge on any atom is 0.140 e. The van der Waals surface area contributed by atoms with Crippen LogP contribution >= 0.6 is 0 Å². The van der Waals surface area contributed by atoms with E-state index in [-0.39, 0.29) is 0 Å². The SMILES string of the molecule is CC1=NNC(c2ccccc2)=CN1N. The Kier molecular flexibility index (Phi) is 2.20. The van der Waals surface area contributed by atoms with Crippen LogP contribution in [-0.2, 0) is 0 Å². The van der Waals surface area contributed by atoms with Gasteiger partial charge in [0.05, 0.1) is 5.70 Å². The molecule has 0 aliphatic carbocycles. The quantitative estimate of drug-likeness (QED) is 0.649. The Balaban J connectivity index is 2.27. The van der Waals surface area contributed by atoms with Crippen LogP contribution in [0.4, 0.5) is 0 Å². The molecule has 0 spiro atoms. The highest BCUT2D eigenvalue weighted by Gasteiger charge is 2.08. The lowest BCUT2D eigenvalue weighted by Gasteiger charge is -2.20. The number of benzene rings is 1. The van der Waals surface area contributed by atoms with Crippen LogP contribution in [0, 0.1) is 0 Å². The van der Waals surface area contributed by atoms with E-state index in [0.717, 1.165) is 17.1 Å². The lowest BCUT2D eigenvalue weighted by atomic mass is 10.2. The molecule has 2 rings (SSSR count). The molecule has 1 heterocycles. The maximum atomic E-state index is 5.69. The van der Waals surface area contributed by atoms with Gasteiger partial charge in [-0.2, -0.15) is 5.10 Å². The van der Waals surface area contributed by atoms with Crippen molar-refractivity contribution >= 4 is 11.5 Å². The molecule has 3 N–H and O–H groups in total. The smallest absolute Gasteiger partial charge is 0.140 e. The van der Waals surface area contributed by atoms with Crippen molar-refractivity contribution in [1.29, 1.82) is 0 Å². The average Bonchev–Trinajstić information content (AvgIpc) is 2.23. The number of nitrogens with one attached hydrogen (secondary N) is 1. The molecule has 14 heavy (non-hydrogen) atoms. The predicted octanol–water partition coefficient (Wildman–Crippen LogP) is 1.10. The Morgan fingerprint density at radius 3 is 2.64 bits per heavy atom. The molecular weight excluding hydrogens is 176 g/mol. The second kappa shape index (κ2) is 3.51. The lowest BCUT2D eigenvalue weighted by molar-refractivity contribution is 0.571. The van der Waals surface area contributed by atoms with Crippen LogP contribution in [0.5, 0.6) is 0 Å². The Morgan fingerprint density at radius 2 is 2.00 bits per heavy atom. The van der Waals surface area contributed by atoms with E-state index >= 15 is 0 Å². The number of hydrogen-bond donors (Lipinski definition) is 2. The van der Waals surface area contributed by atoms with Crippen LogP contribution in [0.2, 0.25) is 0 Å². The minimum absolute atomic E-state index is 0.740. The standard InChI is InChI=1S/C10H12N4/c1-8-12-13-10(7-14(8)11)9-5-3-2-4-6-9/h2-7,13H,11H2,1H3. The summed E-state index contributed by atoms with van der Waals surface area (Å²) in [5, 5.41) is 5.57. The van der Waals surface area contributed by atoms with Gasteiger partial charge in [-0.25, -0.2) is 5.84 Å². The minimum Gasteiger partial charge on any atom is -0.275 e. The fourth-order valence-corrected chi connectivity index (χ4v) is 1.22. The van der Waals surface area contributed by atoms with Gasteiger partial charge in [-0.15, -0.1) is 0 Å². The van der Waals surface area contributed by atoms with Gasteiger partial charge in [0.1, 0.15) is 5.84 Å². The molecule has 4 heteroatoms. The van der Waals surface area contributed by atoms with E-state index < -0.39 is 0 Å². The van der Waals surface area contributed by atoms with Gasteiger partial charge in [0.2, 0.25) is 0 Å². The van der Waals surface area contributed by atoms with Gasteiger partial charge in [0.25, 0.3) is 0 Å². The minimum atomic E-state index is 0.740. The Morgan fingerprint density at radius 1 is 1.29 bits per heavy atom. The third-order valence-corrected chi connectivity index (χ3v) is 2.06. The van der Waals surface area contributed by atoms with Crippen molar-refractivity contribution in [2.24, 2.45) is 10.9 Å². The molecule has 0 amide bonds. The first kappa shape index (κ1) is 8.77. The van der Waals surface area contributed by atoms with E-state index in [2.05, 4.69) is 10.5 Å². The number of nitrogens with zero attached hydrogens (tertiary/aromatic N) is 2. The molecule has 0 atom stereocenters. The second-order valence-electron chi connectivity index (χ2n) is 3.09. The molecule has 1 aliphatic rings. The largest absolute Gasteiger partial charge is 0.275 e. The van der Waals surface area contributed by atoms with Crippen LogP contribution in [0.25, 0.3) is 5.70 Å². The van der Waals surface area contributed by atoms with Crippen LogP contribution in [0.15, 0.2) is 41.6 Å². The van der Waals surface area contributed by atoms with Crippen molar-refractivity contribution in [2.45, 2.75) is 6.92 Å². The Hall–Kier alpha value is -1.81. The van der Waals surface area contributed by atoms with Gasteiger partial charge in [-0.1, -0.05) is 30.3 Å². The summed E-state index contributed by atoms with van der Waals surface area (Å²) in [5.41, 5.74) is 4.91. The highest BCUT2D eigenvalue weighted by Crippen LogP contribution is 2.13. The predicted molar refractivity (Wildman–Crippen MR) is 56.7 cm³/mol. The molecule has 0 radical (unpaired) electrons. The Labute approximate surface area is 82.7 Å². The highest BCUT2D eigenvalue weighted by molar-refractivity contribution is 5.84. The van der Waals surface area contributed by atoms with E-state index in [1.54, 1.807) is 0 Å². The van der Waals surface area contributed by atoms with Gasteiger partial charge >= 0.3 is 0 Å². The first-order chi connectivity index (χ1) is 6.77. The number of hydrazine groups is 1. The van der Waals surface area contributed by atoms with E-state index in [1.165, 1.54) is 5.01 Å². The van der Waals surface area contributed by atoms with Gasteiger partial charge < -0.3 is 0 Å². The number of hydrogen-bond acceptors (Lipinski definition) is 4. The van der Waals surface area contributed by atoms with Crippen molar-refractivity contribution in [1.82, 2.24) is 10.4 Å². The summed E-state index contributed by atoms with van der Waals surface area (Å²) in [5.74, 6) is 6.43. The van der Waals surface area contributed by atoms with E-state index in [4.69, 9.17) is 5.84 Å². The van der Waals surface area contributed by atoms with Crippen molar-refractivity contribution in [2.75, 3.05) is 0 Å². The Bertz CT molecular complexity index is 380. The molecule has 1 aromatic rings. The van der Waals surface area contributed by atoms with Crippen molar-refractivity contribution in [3.8, 4) is 0 Å². The van der Waals surface area contributed by atoms with Crippen LogP contribution in [-0.4, -0.2) is 10.8 Å². The summed E-state index contributed by atoms with van der Waals surface area (Å²) >= 11 is 0. The van der Waals surface area contributed by atoms with Gasteiger partial charge in [-0.3, -0.25) is 10.4 Å². The summed E-state index contributed by atoms with van der Waals surface area (Å²) in [7, 11) is 0. The fourth-order valence-electron chi connectivity index (χ4n) is 1.22. The maximum absolute atomic E-state index is 5.69. The first-order valence-corrected chi connectivity index (χ1v) is 4.39. The van der Waals surface area contributed by atoms with Gasteiger partial charge in [-0.05, 0) is 6.92 Å².